The highest BCUT2D eigenvalue weighted by Gasteiger charge is 2.28. The number of rotatable bonds is 5. The number of anilines is 1. The number of nitrogens with one attached hydrogen (secondary N) is 2. The zero-order valence-corrected chi connectivity index (χ0v) is 13.8. The van der Waals surface area contributed by atoms with Gasteiger partial charge in [-0.2, -0.15) is 5.10 Å². The average Bonchev–Trinajstić information content (AvgIpc) is 3.17. The lowest BCUT2D eigenvalue weighted by atomic mass is 10.1. The van der Waals surface area contributed by atoms with E-state index in [0.29, 0.717) is 17.8 Å². The fourth-order valence-electron chi connectivity index (χ4n) is 3.00. The Labute approximate surface area is 134 Å². The molecule has 3 rings (SSSR count). The van der Waals surface area contributed by atoms with E-state index in [4.69, 9.17) is 0 Å². The highest BCUT2D eigenvalue weighted by molar-refractivity contribution is 7.14. The van der Waals surface area contributed by atoms with Crippen LogP contribution in [0.25, 0.3) is 0 Å². The van der Waals surface area contributed by atoms with Gasteiger partial charge in [-0.05, 0) is 37.4 Å². The molecular weight excluding hydrogens is 296 g/mol. The minimum absolute atomic E-state index is 0.0751. The third kappa shape index (κ3) is 3.39. The van der Waals surface area contributed by atoms with Gasteiger partial charge < -0.3 is 5.32 Å². The number of nitrogens with zero attached hydrogens (tertiary/aromatic N) is 2. The van der Waals surface area contributed by atoms with Crippen molar-refractivity contribution in [3.8, 4) is 0 Å². The summed E-state index contributed by atoms with van der Waals surface area (Å²) in [6, 6.07) is 6.25. The van der Waals surface area contributed by atoms with Crippen LogP contribution in [0.4, 0.5) is 5.82 Å². The number of thiophene rings is 1. The lowest BCUT2D eigenvalue weighted by Crippen LogP contribution is -2.26. The number of likely N-dealkylation sites (tertiary alicyclic amines) is 1. The number of carbonyl (C=O) groups excluding carboxylic acids is 1. The minimum atomic E-state index is -0.0751. The van der Waals surface area contributed by atoms with Crippen LogP contribution in [0.2, 0.25) is 0 Å². The second-order valence-corrected chi connectivity index (χ2v) is 7.29. The van der Waals surface area contributed by atoms with Crippen molar-refractivity contribution < 1.29 is 4.79 Å². The zero-order chi connectivity index (χ0) is 15.5. The van der Waals surface area contributed by atoms with Crippen LogP contribution in [0.1, 0.15) is 47.3 Å². The van der Waals surface area contributed by atoms with E-state index in [1.165, 1.54) is 17.7 Å². The lowest BCUT2D eigenvalue weighted by Gasteiger charge is -2.25. The summed E-state index contributed by atoms with van der Waals surface area (Å²) in [5.74, 6) is 1.22. The predicted molar refractivity (Wildman–Crippen MR) is 89.2 cm³/mol. The number of hydrogen-bond donors (Lipinski definition) is 2. The topological polar surface area (TPSA) is 61.0 Å². The Morgan fingerprint density at radius 3 is 3.09 bits per heavy atom. The molecule has 1 atom stereocenters. The molecule has 3 heterocycles. The molecule has 1 aliphatic heterocycles. The molecule has 2 aromatic heterocycles. The smallest absolute Gasteiger partial charge is 0.266 e. The maximum atomic E-state index is 12.2. The zero-order valence-electron chi connectivity index (χ0n) is 13.0. The third-order valence-electron chi connectivity index (χ3n) is 3.89. The fourth-order valence-corrected chi connectivity index (χ4v) is 4.07. The molecule has 0 radical (unpaired) electrons. The predicted octanol–water partition coefficient (Wildman–Crippen LogP) is 3.52. The first-order valence-electron chi connectivity index (χ1n) is 7.78. The largest absolute Gasteiger partial charge is 0.306 e. The van der Waals surface area contributed by atoms with E-state index in [1.54, 1.807) is 23.6 Å². The van der Waals surface area contributed by atoms with Crippen molar-refractivity contribution in [2.75, 3.05) is 18.4 Å². The molecular formula is C16H22N4OS. The lowest BCUT2D eigenvalue weighted by molar-refractivity contribution is 0.103. The standard InChI is InChI=1S/C16H22N4OS/c1-11(2)10-20-9-3-4-12(20)13-5-6-14(22-13)16(21)18-15-7-8-17-19-15/h5-8,11-12H,3-4,9-10H2,1-2H3,(H2,17,18,19,21)/t12-/m1/s1. The molecule has 0 unspecified atom stereocenters. The van der Waals surface area contributed by atoms with Crippen molar-refractivity contribution in [1.29, 1.82) is 0 Å². The number of amides is 1. The first-order valence-corrected chi connectivity index (χ1v) is 8.59. The molecule has 0 spiro atoms. The Morgan fingerprint density at radius 1 is 1.50 bits per heavy atom. The maximum absolute atomic E-state index is 12.2. The second-order valence-electron chi connectivity index (χ2n) is 6.17. The van der Waals surface area contributed by atoms with Crippen LogP contribution < -0.4 is 5.32 Å². The molecule has 1 amide bonds. The fraction of sp³-hybridized carbons (Fsp3) is 0.500. The summed E-state index contributed by atoms with van der Waals surface area (Å²) in [5.41, 5.74) is 0. The van der Waals surface area contributed by atoms with Crippen molar-refractivity contribution in [2.45, 2.75) is 32.7 Å². The summed E-state index contributed by atoms with van der Waals surface area (Å²) in [7, 11) is 0. The molecule has 1 fully saturated rings. The van der Waals surface area contributed by atoms with Gasteiger partial charge in [-0.1, -0.05) is 13.8 Å². The molecule has 1 aliphatic rings. The maximum Gasteiger partial charge on any atom is 0.266 e. The first kappa shape index (κ1) is 15.2. The number of hydrogen-bond acceptors (Lipinski definition) is 4. The van der Waals surface area contributed by atoms with E-state index in [1.807, 2.05) is 6.07 Å². The van der Waals surface area contributed by atoms with Gasteiger partial charge in [0.2, 0.25) is 0 Å². The Kier molecular flexibility index (Phi) is 4.59. The Hall–Kier alpha value is -1.66. The van der Waals surface area contributed by atoms with Crippen molar-refractivity contribution in [3.63, 3.8) is 0 Å². The molecule has 0 aromatic carbocycles. The summed E-state index contributed by atoms with van der Waals surface area (Å²) in [6.07, 6.45) is 4.05. The molecule has 1 saturated heterocycles. The van der Waals surface area contributed by atoms with Gasteiger partial charge in [0.15, 0.2) is 0 Å². The number of aromatic nitrogens is 2. The van der Waals surface area contributed by atoms with Crippen molar-refractivity contribution in [3.05, 3.63) is 34.2 Å². The summed E-state index contributed by atoms with van der Waals surface area (Å²) in [6.45, 7) is 6.80. The minimum Gasteiger partial charge on any atom is -0.306 e. The van der Waals surface area contributed by atoms with Crippen LogP contribution in [0, 0.1) is 5.92 Å². The average molecular weight is 318 g/mol. The molecule has 2 N–H and O–H groups in total. The van der Waals surface area contributed by atoms with Gasteiger partial charge >= 0.3 is 0 Å². The summed E-state index contributed by atoms with van der Waals surface area (Å²) in [5, 5.41) is 9.40. The Bertz CT molecular complexity index is 620. The Morgan fingerprint density at radius 2 is 2.36 bits per heavy atom. The normalized spacial score (nSPS) is 19.0. The van der Waals surface area contributed by atoms with Gasteiger partial charge in [-0.15, -0.1) is 11.3 Å². The van der Waals surface area contributed by atoms with Gasteiger partial charge in [0, 0.05) is 23.5 Å². The number of carbonyl (C=O) groups is 1. The van der Waals surface area contributed by atoms with Crippen molar-refractivity contribution >= 4 is 23.1 Å². The van der Waals surface area contributed by atoms with Crippen LogP contribution in [0.15, 0.2) is 24.4 Å². The SMILES string of the molecule is CC(C)CN1CCC[C@@H]1c1ccc(C(=O)Nc2ccn[nH]2)s1. The van der Waals surface area contributed by atoms with Crippen LogP contribution in [-0.2, 0) is 0 Å². The highest BCUT2D eigenvalue weighted by atomic mass is 32.1. The highest BCUT2D eigenvalue weighted by Crippen LogP contribution is 2.36. The molecule has 22 heavy (non-hydrogen) atoms. The molecule has 0 saturated carbocycles. The van der Waals surface area contributed by atoms with Crippen molar-refractivity contribution in [2.24, 2.45) is 5.92 Å². The van der Waals surface area contributed by atoms with Crippen LogP contribution >= 0.6 is 11.3 Å². The van der Waals surface area contributed by atoms with Crippen LogP contribution in [0.3, 0.4) is 0 Å². The summed E-state index contributed by atoms with van der Waals surface area (Å²) >= 11 is 1.60. The molecule has 2 aromatic rings. The first-order chi connectivity index (χ1) is 10.6. The van der Waals surface area contributed by atoms with Crippen molar-refractivity contribution in [1.82, 2.24) is 15.1 Å². The quantitative estimate of drug-likeness (QED) is 0.887. The van der Waals surface area contributed by atoms with E-state index in [2.05, 4.69) is 40.3 Å². The van der Waals surface area contributed by atoms with E-state index in [0.717, 1.165) is 18.0 Å². The van der Waals surface area contributed by atoms with Crippen LogP contribution in [0.5, 0.6) is 0 Å². The van der Waals surface area contributed by atoms with E-state index in [-0.39, 0.29) is 5.91 Å². The molecule has 5 nitrogen and oxygen atoms in total. The monoisotopic (exact) mass is 318 g/mol. The summed E-state index contributed by atoms with van der Waals surface area (Å²) < 4.78 is 0. The van der Waals surface area contributed by atoms with Gasteiger partial charge in [0.05, 0.1) is 11.1 Å². The summed E-state index contributed by atoms with van der Waals surface area (Å²) in [4.78, 5) is 16.8. The van der Waals surface area contributed by atoms with E-state index in [9.17, 15) is 4.79 Å². The van der Waals surface area contributed by atoms with E-state index >= 15 is 0 Å². The molecule has 0 aliphatic carbocycles. The van der Waals surface area contributed by atoms with Gasteiger partial charge in [-0.3, -0.25) is 14.8 Å². The molecule has 0 bridgehead atoms. The van der Waals surface area contributed by atoms with Crippen LogP contribution in [-0.4, -0.2) is 34.1 Å². The second kappa shape index (κ2) is 6.62. The molecule has 118 valence electrons. The molecule has 6 heteroatoms. The third-order valence-corrected chi connectivity index (χ3v) is 5.08. The number of H-pyrrole nitrogens is 1. The van der Waals surface area contributed by atoms with Gasteiger partial charge in [0.1, 0.15) is 5.82 Å². The number of aromatic amines is 1. The van der Waals surface area contributed by atoms with Gasteiger partial charge in [0.25, 0.3) is 5.91 Å². The van der Waals surface area contributed by atoms with Gasteiger partial charge in [-0.25, -0.2) is 0 Å². The Balaban J connectivity index is 1.69. The van der Waals surface area contributed by atoms with E-state index < -0.39 is 0 Å².